The molecule has 0 radical (unpaired) electrons. The molecule has 1 amide bonds. The monoisotopic (exact) mass is 265 g/mol. The molecule has 0 bridgehead atoms. The molecule has 7 heteroatoms. The third-order valence-electron chi connectivity index (χ3n) is 3.16. The predicted molar refractivity (Wildman–Crippen MR) is 66.9 cm³/mol. The second-order valence-electron chi connectivity index (χ2n) is 4.35. The van der Waals surface area contributed by atoms with Gasteiger partial charge in [-0.15, -0.1) is 11.3 Å². The summed E-state index contributed by atoms with van der Waals surface area (Å²) in [7, 11) is 0. The minimum Gasteiger partial charge on any atom is -0.477 e. The molecule has 0 saturated heterocycles. The number of aromatic amines is 1. The van der Waals surface area contributed by atoms with Gasteiger partial charge in [-0.2, -0.15) is 5.10 Å². The molecule has 0 aliphatic heterocycles. The number of thiophene rings is 1. The lowest BCUT2D eigenvalue weighted by Crippen LogP contribution is -2.28. The molecule has 2 heterocycles. The van der Waals surface area contributed by atoms with Gasteiger partial charge in [0, 0.05) is 5.92 Å². The SMILES string of the molecule is O=C(O)c1cc2[nH]nc(NC(=O)C3CCC3)c2s1. The molecule has 1 saturated carbocycles. The number of hydrogen-bond donors (Lipinski definition) is 3. The predicted octanol–water partition coefficient (Wildman–Crippen LogP) is 2.06. The van der Waals surface area contributed by atoms with Gasteiger partial charge < -0.3 is 10.4 Å². The lowest BCUT2D eigenvalue weighted by atomic mass is 9.85. The van der Waals surface area contributed by atoms with Crippen molar-refractivity contribution in [1.29, 1.82) is 0 Å². The Morgan fingerprint density at radius 2 is 2.28 bits per heavy atom. The fraction of sp³-hybridized carbons (Fsp3) is 0.364. The van der Waals surface area contributed by atoms with Crippen molar-refractivity contribution in [3.05, 3.63) is 10.9 Å². The fourth-order valence-electron chi connectivity index (χ4n) is 1.90. The van der Waals surface area contributed by atoms with Crippen molar-refractivity contribution in [2.75, 3.05) is 5.32 Å². The van der Waals surface area contributed by atoms with Crippen molar-refractivity contribution in [2.24, 2.45) is 5.92 Å². The summed E-state index contributed by atoms with van der Waals surface area (Å²) < 4.78 is 0.681. The zero-order valence-electron chi connectivity index (χ0n) is 9.40. The average Bonchev–Trinajstić information content (AvgIpc) is 2.77. The van der Waals surface area contributed by atoms with Crippen LogP contribution in [-0.2, 0) is 4.79 Å². The number of nitrogens with one attached hydrogen (secondary N) is 2. The number of hydrogen-bond acceptors (Lipinski definition) is 4. The maximum Gasteiger partial charge on any atom is 0.345 e. The molecule has 1 aliphatic carbocycles. The minimum absolute atomic E-state index is 0.0278. The average molecular weight is 265 g/mol. The number of carboxylic acids is 1. The van der Waals surface area contributed by atoms with E-state index >= 15 is 0 Å². The Kier molecular flexibility index (Phi) is 2.55. The van der Waals surface area contributed by atoms with Crippen LogP contribution >= 0.6 is 11.3 Å². The first-order valence-electron chi connectivity index (χ1n) is 5.67. The van der Waals surface area contributed by atoms with Crippen LogP contribution in [0.1, 0.15) is 28.9 Å². The van der Waals surface area contributed by atoms with Crippen LogP contribution in [0, 0.1) is 5.92 Å². The number of carbonyl (C=O) groups excluding carboxylic acids is 1. The lowest BCUT2D eigenvalue weighted by Gasteiger charge is -2.23. The largest absolute Gasteiger partial charge is 0.477 e. The molecule has 0 aromatic carbocycles. The van der Waals surface area contributed by atoms with Crippen LogP contribution in [-0.4, -0.2) is 27.2 Å². The van der Waals surface area contributed by atoms with Crippen LogP contribution in [0.2, 0.25) is 0 Å². The standard InChI is InChI=1S/C11H11N3O3S/c15-10(5-2-1-3-5)12-9-8-6(13-14-9)4-7(18-8)11(16)17/h4-5H,1-3H2,(H,16,17)(H2,12,13,14,15). The first-order valence-corrected chi connectivity index (χ1v) is 6.49. The van der Waals surface area contributed by atoms with E-state index < -0.39 is 5.97 Å². The Hall–Kier alpha value is -1.89. The minimum atomic E-state index is -0.971. The topological polar surface area (TPSA) is 95.1 Å². The van der Waals surface area contributed by atoms with Gasteiger partial charge in [0.25, 0.3) is 0 Å². The van der Waals surface area contributed by atoms with E-state index in [1.807, 2.05) is 0 Å². The number of rotatable bonds is 3. The second kappa shape index (κ2) is 4.09. The molecule has 1 fully saturated rings. The van der Waals surface area contributed by atoms with Crippen molar-refractivity contribution < 1.29 is 14.7 Å². The van der Waals surface area contributed by atoms with Crippen molar-refractivity contribution in [1.82, 2.24) is 10.2 Å². The number of fused-ring (bicyclic) bond motifs is 1. The lowest BCUT2D eigenvalue weighted by molar-refractivity contribution is -0.122. The van der Waals surface area contributed by atoms with Gasteiger partial charge in [0.2, 0.25) is 5.91 Å². The van der Waals surface area contributed by atoms with Gasteiger partial charge in [-0.3, -0.25) is 9.89 Å². The highest BCUT2D eigenvalue weighted by Crippen LogP contribution is 2.32. The van der Waals surface area contributed by atoms with Crippen molar-refractivity contribution >= 4 is 39.2 Å². The maximum absolute atomic E-state index is 11.8. The van der Waals surface area contributed by atoms with E-state index in [1.165, 1.54) is 6.07 Å². The van der Waals surface area contributed by atoms with Crippen LogP contribution in [0.15, 0.2) is 6.07 Å². The van der Waals surface area contributed by atoms with Crippen LogP contribution in [0.3, 0.4) is 0 Å². The van der Waals surface area contributed by atoms with Gasteiger partial charge in [-0.05, 0) is 18.9 Å². The molecule has 18 heavy (non-hydrogen) atoms. The van der Waals surface area contributed by atoms with E-state index in [-0.39, 0.29) is 16.7 Å². The normalized spacial score (nSPS) is 15.6. The van der Waals surface area contributed by atoms with Crippen LogP contribution < -0.4 is 5.32 Å². The Labute approximate surface area is 106 Å². The Balaban J connectivity index is 1.87. The zero-order chi connectivity index (χ0) is 12.7. The van der Waals surface area contributed by atoms with Gasteiger partial charge in [-0.25, -0.2) is 4.79 Å². The summed E-state index contributed by atoms with van der Waals surface area (Å²) in [5.74, 6) is -0.490. The maximum atomic E-state index is 11.8. The zero-order valence-corrected chi connectivity index (χ0v) is 10.2. The number of anilines is 1. The molecule has 3 rings (SSSR count). The summed E-state index contributed by atoms with van der Waals surface area (Å²) >= 11 is 1.11. The summed E-state index contributed by atoms with van der Waals surface area (Å²) in [6.07, 6.45) is 2.94. The molecular weight excluding hydrogens is 254 g/mol. The smallest absolute Gasteiger partial charge is 0.345 e. The Morgan fingerprint density at radius 3 is 2.89 bits per heavy atom. The molecule has 0 atom stereocenters. The Morgan fingerprint density at radius 1 is 1.50 bits per heavy atom. The Bertz CT molecular complexity index is 627. The first-order chi connectivity index (χ1) is 8.65. The molecular formula is C11H11N3O3S. The number of amides is 1. The third-order valence-corrected chi connectivity index (χ3v) is 4.29. The van der Waals surface area contributed by atoms with Gasteiger partial charge in [-0.1, -0.05) is 6.42 Å². The van der Waals surface area contributed by atoms with E-state index in [0.717, 1.165) is 30.6 Å². The van der Waals surface area contributed by atoms with E-state index in [4.69, 9.17) is 5.11 Å². The first kappa shape index (κ1) is 11.2. The van der Waals surface area contributed by atoms with Gasteiger partial charge in [0.05, 0.1) is 10.2 Å². The summed E-state index contributed by atoms with van der Waals surface area (Å²) in [4.78, 5) is 22.9. The molecule has 94 valence electrons. The third kappa shape index (κ3) is 1.76. The highest BCUT2D eigenvalue weighted by Gasteiger charge is 2.26. The molecule has 1 aliphatic rings. The van der Waals surface area contributed by atoms with E-state index in [2.05, 4.69) is 15.5 Å². The molecule has 2 aromatic rings. The highest BCUT2D eigenvalue weighted by molar-refractivity contribution is 7.21. The fourth-order valence-corrected chi connectivity index (χ4v) is 2.79. The summed E-state index contributed by atoms with van der Waals surface area (Å²) in [5.41, 5.74) is 0.640. The van der Waals surface area contributed by atoms with E-state index in [1.54, 1.807) is 0 Å². The molecule has 0 unspecified atom stereocenters. The van der Waals surface area contributed by atoms with Gasteiger partial charge >= 0.3 is 5.97 Å². The van der Waals surface area contributed by atoms with Gasteiger partial charge in [0.1, 0.15) is 4.88 Å². The quantitative estimate of drug-likeness (QED) is 0.791. The molecule has 0 spiro atoms. The molecule has 2 aromatic heterocycles. The van der Waals surface area contributed by atoms with Gasteiger partial charge in [0.15, 0.2) is 5.82 Å². The number of carboxylic acid groups (broad SMARTS) is 1. The second-order valence-corrected chi connectivity index (χ2v) is 5.40. The molecule has 3 N–H and O–H groups in total. The summed E-state index contributed by atoms with van der Waals surface area (Å²) in [6, 6.07) is 1.52. The van der Waals surface area contributed by atoms with Crippen LogP contribution in [0.4, 0.5) is 5.82 Å². The van der Waals surface area contributed by atoms with Crippen molar-refractivity contribution in [3.63, 3.8) is 0 Å². The number of nitrogens with zero attached hydrogens (tertiary/aromatic N) is 1. The van der Waals surface area contributed by atoms with Crippen molar-refractivity contribution in [3.8, 4) is 0 Å². The van der Waals surface area contributed by atoms with E-state index in [0.29, 0.717) is 16.0 Å². The highest BCUT2D eigenvalue weighted by atomic mass is 32.1. The summed E-state index contributed by atoms with van der Waals surface area (Å²) in [5, 5.41) is 18.4. The number of H-pyrrole nitrogens is 1. The van der Waals surface area contributed by atoms with Crippen LogP contribution in [0.25, 0.3) is 10.2 Å². The van der Waals surface area contributed by atoms with E-state index in [9.17, 15) is 9.59 Å². The number of aromatic carboxylic acids is 1. The number of carbonyl (C=O) groups is 2. The number of aromatic nitrogens is 2. The van der Waals surface area contributed by atoms with Crippen molar-refractivity contribution in [2.45, 2.75) is 19.3 Å². The summed E-state index contributed by atoms with van der Waals surface area (Å²) in [6.45, 7) is 0. The molecule has 6 nitrogen and oxygen atoms in total. The van der Waals surface area contributed by atoms with Crippen LogP contribution in [0.5, 0.6) is 0 Å².